The molecule has 0 heterocycles. The van der Waals surface area contributed by atoms with Crippen LogP contribution in [0.4, 0.5) is 0 Å². The van der Waals surface area contributed by atoms with Crippen LogP contribution in [-0.2, 0) is 4.79 Å². The molecule has 0 saturated heterocycles. The highest BCUT2D eigenvalue weighted by Gasteiger charge is 2.36. The molecule has 0 spiro atoms. The van der Waals surface area contributed by atoms with Crippen molar-refractivity contribution in [1.29, 1.82) is 0 Å². The maximum absolute atomic E-state index is 11.4. The molecule has 4 unspecified atom stereocenters. The molecule has 19 heavy (non-hydrogen) atoms. The van der Waals surface area contributed by atoms with E-state index in [9.17, 15) is 4.79 Å². The Bertz CT molecular complexity index is 444. The Morgan fingerprint density at radius 1 is 1.16 bits per heavy atom. The zero-order chi connectivity index (χ0) is 13.5. The first-order valence-corrected chi connectivity index (χ1v) is 7.29. The highest BCUT2D eigenvalue weighted by Crippen LogP contribution is 2.41. The van der Waals surface area contributed by atoms with Gasteiger partial charge in [0.15, 0.2) is 0 Å². The van der Waals surface area contributed by atoms with Gasteiger partial charge in [0.2, 0.25) is 0 Å². The number of hydrogen-bond acceptors (Lipinski definition) is 1. The fraction of sp³-hybridized carbons (Fsp3) is 0.500. The Balaban J connectivity index is 2.09. The van der Waals surface area contributed by atoms with Gasteiger partial charge in [-0.2, -0.15) is 0 Å². The number of rotatable bonds is 2. The molecule has 2 aliphatic carbocycles. The highest BCUT2D eigenvalue weighted by molar-refractivity contribution is 5.57. The van der Waals surface area contributed by atoms with Crippen LogP contribution in [-0.4, -0.2) is 6.29 Å². The largest absolute Gasteiger partial charge is 0.303 e. The van der Waals surface area contributed by atoms with Gasteiger partial charge in [-0.05, 0) is 37.7 Å². The summed E-state index contributed by atoms with van der Waals surface area (Å²) in [5.74, 6) is 7.62. The lowest BCUT2D eigenvalue weighted by atomic mass is 9.65. The predicted molar refractivity (Wildman–Crippen MR) is 79.4 cm³/mol. The molecule has 2 rings (SSSR count). The van der Waals surface area contributed by atoms with Crippen molar-refractivity contribution >= 4 is 6.29 Å². The third-order valence-corrected chi connectivity index (χ3v) is 4.24. The molecule has 100 valence electrons. The van der Waals surface area contributed by atoms with Gasteiger partial charge in [-0.3, -0.25) is 0 Å². The summed E-state index contributed by atoms with van der Waals surface area (Å²) >= 11 is 0. The van der Waals surface area contributed by atoms with Crippen LogP contribution < -0.4 is 0 Å². The highest BCUT2D eigenvalue weighted by atomic mass is 16.1. The minimum Gasteiger partial charge on any atom is -0.303 e. The lowest BCUT2D eigenvalue weighted by Gasteiger charge is -2.38. The lowest BCUT2D eigenvalue weighted by Crippen LogP contribution is -2.34. The third kappa shape index (κ3) is 3.47. The van der Waals surface area contributed by atoms with Crippen molar-refractivity contribution in [2.75, 3.05) is 0 Å². The van der Waals surface area contributed by atoms with E-state index in [1.54, 1.807) is 0 Å². The number of aldehydes is 1. The smallest absolute Gasteiger partial charge is 0.124 e. The second kappa shape index (κ2) is 7.14. The molecular weight excluding hydrogens is 232 g/mol. The van der Waals surface area contributed by atoms with Crippen LogP contribution in [0.2, 0.25) is 0 Å². The van der Waals surface area contributed by atoms with E-state index in [0.29, 0.717) is 11.8 Å². The molecule has 0 radical (unpaired) electrons. The van der Waals surface area contributed by atoms with E-state index in [-0.39, 0.29) is 11.8 Å². The van der Waals surface area contributed by atoms with E-state index in [4.69, 9.17) is 0 Å². The summed E-state index contributed by atoms with van der Waals surface area (Å²) in [6.45, 7) is 1.98. The van der Waals surface area contributed by atoms with Crippen molar-refractivity contribution in [3.63, 3.8) is 0 Å². The Morgan fingerprint density at radius 3 is 2.79 bits per heavy atom. The Labute approximate surface area is 116 Å². The standard InChI is InChI=1S/C18H22O/c1-2-3-4-5-6-9-16-13-12-15-10-7-8-11-17(15)18(16)14-19/h2-5,12-18H,7-8,10-11H2,1H3. The van der Waals surface area contributed by atoms with Crippen molar-refractivity contribution in [2.45, 2.75) is 32.6 Å². The zero-order valence-electron chi connectivity index (χ0n) is 11.6. The monoisotopic (exact) mass is 254 g/mol. The third-order valence-electron chi connectivity index (χ3n) is 4.24. The molecule has 1 heteroatoms. The quantitative estimate of drug-likeness (QED) is 0.316. The summed E-state index contributed by atoms with van der Waals surface area (Å²) in [4.78, 5) is 11.4. The Kier molecular flexibility index (Phi) is 5.21. The van der Waals surface area contributed by atoms with E-state index in [2.05, 4.69) is 24.0 Å². The lowest BCUT2D eigenvalue weighted by molar-refractivity contribution is -0.114. The summed E-state index contributed by atoms with van der Waals surface area (Å²) in [6.07, 6.45) is 18.3. The first-order chi connectivity index (χ1) is 9.36. The number of carbonyl (C=O) groups is 1. The molecule has 2 aliphatic rings. The van der Waals surface area contributed by atoms with Crippen LogP contribution in [0.5, 0.6) is 0 Å². The number of carbonyl (C=O) groups excluding carboxylic acids is 1. The van der Waals surface area contributed by atoms with E-state index >= 15 is 0 Å². The predicted octanol–water partition coefficient (Wildman–Crippen LogP) is 3.93. The van der Waals surface area contributed by atoms with Crippen LogP contribution >= 0.6 is 0 Å². The van der Waals surface area contributed by atoms with E-state index in [1.165, 1.54) is 25.7 Å². The minimum atomic E-state index is 0.0953. The van der Waals surface area contributed by atoms with Crippen molar-refractivity contribution < 1.29 is 4.79 Å². The molecule has 4 atom stereocenters. The molecule has 0 aromatic heterocycles. The summed E-state index contributed by atoms with van der Waals surface area (Å²) in [7, 11) is 0. The molecule has 0 N–H and O–H groups in total. The number of allylic oxidation sites excluding steroid dienone is 6. The Hall–Kier alpha value is -1.55. The van der Waals surface area contributed by atoms with Crippen LogP contribution in [0.15, 0.2) is 36.5 Å². The second-order valence-electron chi connectivity index (χ2n) is 5.41. The SMILES string of the molecule is CC=CC=CC#CC1C=CC2CCCCC2C1C=O. The van der Waals surface area contributed by atoms with E-state index in [1.807, 2.05) is 31.2 Å². The molecule has 1 nitrogen and oxygen atoms in total. The van der Waals surface area contributed by atoms with Gasteiger partial charge < -0.3 is 4.79 Å². The van der Waals surface area contributed by atoms with Crippen LogP contribution in [0, 0.1) is 35.5 Å². The molecule has 1 saturated carbocycles. The zero-order valence-corrected chi connectivity index (χ0v) is 11.6. The normalized spacial score (nSPS) is 33.9. The van der Waals surface area contributed by atoms with Gasteiger partial charge in [0.1, 0.15) is 6.29 Å². The molecule has 0 aliphatic heterocycles. The van der Waals surface area contributed by atoms with Crippen LogP contribution in [0.25, 0.3) is 0 Å². The van der Waals surface area contributed by atoms with Gasteiger partial charge in [-0.15, -0.1) is 0 Å². The molecule has 0 aromatic carbocycles. The molecular formula is C18H22O. The molecule has 0 amide bonds. The average Bonchev–Trinajstić information content (AvgIpc) is 2.46. The summed E-state index contributed by atoms with van der Waals surface area (Å²) in [6, 6.07) is 0. The number of fused-ring (bicyclic) bond motifs is 1. The first-order valence-electron chi connectivity index (χ1n) is 7.29. The van der Waals surface area contributed by atoms with E-state index < -0.39 is 0 Å². The maximum atomic E-state index is 11.4. The minimum absolute atomic E-state index is 0.0953. The fourth-order valence-electron chi connectivity index (χ4n) is 3.25. The van der Waals surface area contributed by atoms with Crippen LogP contribution in [0.1, 0.15) is 32.6 Å². The molecule has 0 bridgehead atoms. The van der Waals surface area contributed by atoms with Crippen LogP contribution in [0.3, 0.4) is 0 Å². The molecule has 0 aromatic rings. The van der Waals surface area contributed by atoms with E-state index in [0.717, 1.165) is 6.29 Å². The van der Waals surface area contributed by atoms with Gasteiger partial charge in [0.05, 0.1) is 0 Å². The van der Waals surface area contributed by atoms with Crippen molar-refractivity contribution in [3.05, 3.63) is 36.5 Å². The van der Waals surface area contributed by atoms with Gasteiger partial charge in [0.25, 0.3) is 0 Å². The molecule has 1 fully saturated rings. The topological polar surface area (TPSA) is 17.1 Å². The van der Waals surface area contributed by atoms with Gasteiger partial charge in [-0.25, -0.2) is 0 Å². The van der Waals surface area contributed by atoms with Crippen molar-refractivity contribution in [2.24, 2.45) is 23.7 Å². The van der Waals surface area contributed by atoms with Gasteiger partial charge >= 0.3 is 0 Å². The summed E-state index contributed by atoms with van der Waals surface area (Å²) in [5.41, 5.74) is 0. The Morgan fingerprint density at radius 2 is 2.00 bits per heavy atom. The maximum Gasteiger partial charge on any atom is 0.124 e. The second-order valence-corrected chi connectivity index (χ2v) is 5.41. The average molecular weight is 254 g/mol. The van der Waals surface area contributed by atoms with Crippen molar-refractivity contribution in [1.82, 2.24) is 0 Å². The fourth-order valence-corrected chi connectivity index (χ4v) is 3.25. The van der Waals surface area contributed by atoms with Crippen molar-refractivity contribution in [3.8, 4) is 11.8 Å². The summed E-state index contributed by atoms with van der Waals surface area (Å²) in [5, 5.41) is 0. The van der Waals surface area contributed by atoms with Gasteiger partial charge in [0, 0.05) is 11.8 Å². The number of hydrogen-bond donors (Lipinski definition) is 0. The first kappa shape index (κ1) is 13.9. The summed E-state index contributed by atoms with van der Waals surface area (Å²) < 4.78 is 0. The van der Waals surface area contributed by atoms with Gasteiger partial charge in [-0.1, -0.05) is 55.1 Å².